The Balaban J connectivity index is 1.08. The van der Waals surface area contributed by atoms with E-state index in [9.17, 15) is 5.11 Å². The molecule has 0 aliphatic carbocycles. The smallest absolute Gasteiger partial charge is 0.119 e. The van der Waals surface area contributed by atoms with Crippen LogP contribution in [0.1, 0.15) is 24.3 Å². The molecular formula is C27H36N4O2. The van der Waals surface area contributed by atoms with Gasteiger partial charge in [0.15, 0.2) is 0 Å². The van der Waals surface area contributed by atoms with Crippen molar-refractivity contribution in [2.24, 2.45) is 0 Å². The van der Waals surface area contributed by atoms with Crippen LogP contribution in [0.3, 0.4) is 0 Å². The number of nitrogens with one attached hydrogen (secondary N) is 1. The number of aliphatic hydroxyl groups is 1. The minimum Gasteiger partial charge on any atom is -0.497 e. The number of hydrogen-bond donors (Lipinski definition) is 2. The van der Waals surface area contributed by atoms with E-state index >= 15 is 0 Å². The van der Waals surface area contributed by atoms with Crippen LogP contribution >= 0.6 is 0 Å². The van der Waals surface area contributed by atoms with E-state index in [1.54, 1.807) is 7.11 Å². The molecule has 2 aliphatic heterocycles. The van der Waals surface area contributed by atoms with Gasteiger partial charge in [0.2, 0.25) is 0 Å². The number of aromatic nitrogens is 1. The molecule has 3 aromatic rings. The summed E-state index contributed by atoms with van der Waals surface area (Å²) in [4.78, 5) is 10.7. The molecule has 2 aliphatic rings. The molecule has 2 fully saturated rings. The molecule has 0 saturated carbocycles. The lowest BCUT2D eigenvalue weighted by molar-refractivity contribution is 0.0629. The topological polar surface area (TPSA) is 55.0 Å². The summed E-state index contributed by atoms with van der Waals surface area (Å²) in [6, 6.07) is 16.9. The lowest BCUT2D eigenvalue weighted by Crippen LogP contribution is -2.50. The fourth-order valence-electron chi connectivity index (χ4n) is 5.49. The van der Waals surface area contributed by atoms with E-state index in [4.69, 9.17) is 4.74 Å². The van der Waals surface area contributed by atoms with Crippen LogP contribution in [0.15, 0.2) is 54.7 Å². The Morgan fingerprint density at radius 1 is 0.939 bits per heavy atom. The molecule has 1 unspecified atom stereocenters. The fraction of sp³-hybridized carbons (Fsp3) is 0.481. The molecule has 6 heteroatoms. The van der Waals surface area contributed by atoms with Crippen molar-refractivity contribution in [1.82, 2.24) is 14.8 Å². The Bertz CT molecular complexity index is 1020. The van der Waals surface area contributed by atoms with Crippen molar-refractivity contribution < 1.29 is 9.84 Å². The zero-order valence-electron chi connectivity index (χ0n) is 19.6. The van der Waals surface area contributed by atoms with Crippen molar-refractivity contribution in [2.45, 2.75) is 24.9 Å². The molecule has 33 heavy (non-hydrogen) atoms. The van der Waals surface area contributed by atoms with Crippen molar-refractivity contribution in [3.05, 3.63) is 60.3 Å². The predicted octanol–water partition coefficient (Wildman–Crippen LogP) is 3.54. The number of anilines is 1. The largest absolute Gasteiger partial charge is 0.497 e. The summed E-state index contributed by atoms with van der Waals surface area (Å²) in [5.41, 5.74) is 3.88. The van der Waals surface area contributed by atoms with Crippen LogP contribution in [0.2, 0.25) is 0 Å². The highest BCUT2D eigenvalue weighted by Crippen LogP contribution is 2.34. The van der Waals surface area contributed by atoms with Gasteiger partial charge >= 0.3 is 0 Å². The van der Waals surface area contributed by atoms with Crippen molar-refractivity contribution in [3.8, 4) is 5.75 Å². The SMILES string of the molecule is COc1ccc2[nH]cc(C3CCN(CC(O)CN4CCN(c5ccccc5)CC4)CC3)c2c1. The normalized spacial score (nSPS) is 19.8. The molecule has 0 bridgehead atoms. The van der Waals surface area contributed by atoms with Gasteiger partial charge in [0.05, 0.1) is 13.2 Å². The van der Waals surface area contributed by atoms with Gasteiger partial charge in [0.1, 0.15) is 5.75 Å². The number of piperidine rings is 1. The first-order valence-electron chi connectivity index (χ1n) is 12.3. The summed E-state index contributed by atoms with van der Waals surface area (Å²) >= 11 is 0. The number of hydrogen-bond acceptors (Lipinski definition) is 5. The van der Waals surface area contributed by atoms with E-state index in [1.807, 2.05) is 6.07 Å². The third-order valence-electron chi connectivity index (χ3n) is 7.38. The Morgan fingerprint density at radius 3 is 2.33 bits per heavy atom. The Labute approximate surface area is 196 Å². The maximum atomic E-state index is 10.8. The van der Waals surface area contributed by atoms with Gasteiger partial charge in [-0.1, -0.05) is 18.2 Å². The number of likely N-dealkylation sites (tertiary alicyclic amines) is 1. The zero-order chi connectivity index (χ0) is 22.6. The maximum absolute atomic E-state index is 10.8. The van der Waals surface area contributed by atoms with E-state index < -0.39 is 0 Å². The highest BCUT2D eigenvalue weighted by atomic mass is 16.5. The molecule has 1 aromatic heterocycles. The maximum Gasteiger partial charge on any atom is 0.119 e. The fourth-order valence-corrected chi connectivity index (χ4v) is 5.49. The molecule has 176 valence electrons. The molecule has 3 heterocycles. The van der Waals surface area contributed by atoms with Crippen molar-refractivity contribution in [1.29, 1.82) is 0 Å². The Morgan fingerprint density at radius 2 is 1.64 bits per heavy atom. The van der Waals surface area contributed by atoms with Gasteiger partial charge in [-0.3, -0.25) is 4.90 Å². The standard InChI is InChI=1S/C27H36N4O2/c1-33-24-7-8-27-25(17-24)26(18-28-27)21-9-11-29(12-10-21)19-23(32)20-30-13-15-31(16-14-30)22-5-3-2-4-6-22/h2-8,17-18,21,23,28,32H,9-16,19-20H2,1H3. The summed E-state index contributed by atoms with van der Waals surface area (Å²) in [5, 5.41) is 12.0. The van der Waals surface area contributed by atoms with E-state index in [1.165, 1.54) is 22.2 Å². The quantitative estimate of drug-likeness (QED) is 0.579. The highest BCUT2D eigenvalue weighted by molar-refractivity contribution is 5.85. The van der Waals surface area contributed by atoms with Gasteiger partial charge in [-0.15, -0.1) is 0 Å². The van der Waals surface area contributed by atoms with Crippen LogP contribution in [0.4, 0.5) is 5.69 Å². The molecule has 5 rings (SSSR count). The van der Waals surface area contributed by atoms with Crippen LogP contribution in [0.25, 0.3) is 10.9 Å². The monoisotopic (exact) mass is 448 g/mol. The minimum absolute atomic E-state index is 0.290. The number of fused-ring (bicyclic) bond motifs is 1. The van der Waals surface area contributed by atoms with Crippen LogP contribution in [0, 0.1) is 0 Å². The lowest BCUT2D eigenvalue weighted by Gasteiger charge is -2.38. The summed E-state index contributed by atoms with van der Waals surface area (Å²) in [6.45, 7) is 7.70. The number of benzene rings is 2. The number of H-pyrrole nitrogens is 1. The molecule has 1 atom stereocenters. The molecule has 2 N–H and O–H groups in total. The number of para-hydroxylation sites is 1. The van der Waals surface area contributed by atoms with Gasteiger partial charge < -0.3 is 24.6 Å². The van der Waals surface area contributed by atoms with E-state index in [0.717, 1.165) is 70.9 Å². The number of nitrogens with zero attached hydrogens (tertiary/aromatic N) is 3. The van der Waals surface area contributed by atoms with Gasteiger partial charge in [-0.25, -0.2) is 0 Å². The number of piperazine rings is 1. The first-order valence-corrected chi connectivity index (χ1v) is 12.3. The second-order valence-electron chi connectivity index (χ2n) is 9.51. The average molecular weight is 449 g/mol. The zero-order valence-corrected chi connectivity index (χ0v) is 19.6. The molecule has 2 aromatic carbocycles. The number of aromatic amines is 1. The average Bonchev–Trinajstić information content (AvgIpc) is 3.28. The van der Waals surface area contributed by atoms with Crippen molar-refractivity contribution in [2.75, 3.05) is 64.4 Å². The first-order chi connectivity index (χ1) is 16.2. The number of methoxy groups -OCH3 is 1. The van der Waals surface area contributed by atoms with Gasteiger partial charge in [-0.2, -0.15) is 0 Å². The second kappa shape index (κ2) is 10.2. The van der Waals surface area contributed by atoms with E-state index in [-0.39, 0.29) is 6.10 Å². The molecule has 0 spiro atoms. The molecule has 6 nitrogen and oxygen atoms in total. The number of ether oxygens (including phenoxy) is 1. The summed E-state index contributed by atoms with van der Waals surface area (Å²) in [7, 11) is 1.72. The minimum atomic E-state index is -0.290. The predicted molar refractivity (Wildman–Crippen MR) is 134 cm³/mol. The van der Waals surface area contributed by atoms with Gasteiger partial charge in [-0.05, 0) is 67.7 Å². The molecule has 2 saturated heterocycles. The third-order valence-corrected chi connectivity index (χ3v) is 7.38. The molecular weight excluding hydrogens is 412 g/mol. The van der Waals surface area contributed by atoms with E-state index in [2.05, 4.69) is 68.3 Å². The van der Waals surface area contributed by atoms with Crippen molar-refractivity contribution in [3.63, 3.8) is 0 Å². The Kier molecular flexibility index (Phi) is 6.85. The van der Waals surface area contributed by atoms with E-state index in [0.29, 0.717) is 5.92 Å². The molecule has 0 amide bonds. The van der Waals surface area contributed by atoms with Crippen LogP contribution in [-0.2, 0) is 0 Å². The van der Waals surface area contributed by atoms with Gasteiger partial charge in [0.25, 0.3) is 0 Å². The first kappa shape index (κ1) is 22.3. The van der Waals surface area contributed by atoms with Crippen LogP contribution < -0.4 is 9.64 Å². The number of rotatable bonds is 7. The Hall–Kier alpha value is -2.54. The van der Waals surface area contributed by atoms with Crippen LogP contribution in [0.5, 0.6) is 5.75 Å². The third kappa shape index (κ3) is 5.18. The number of aliphatic hydroxyl groups excluding tert-OH is 1. The lowest BCUT2D eigenvalue weighted by atomic mass is 9.89. The molecule has 0 radical (unpaired) electrons. The number of β-amino-alcohol motifs (C(OH)–C–C–N with tert-alkyl or cyclic N) is 1. The summed E-state index contributed by atoms with van der Waals surface area (Å²) < 4.78 is 5.43. The highest BCUT2D eigenvalue weighted by Gasteiger charge is 2.25. The van der Waals surface area contributed by atoms with Crippen LogP contribution in [-0.4, -0.2) is 85.5 Å². The van der Waals surface area contributed by atoms with Crippen molar-refractivity contribution >= 4 is 16.6 Å². The summed E-state index contributed by atoms with van der Waals surface area (Å²) in [6.07, 6.45) is 4.15. The van der Waals surface area contributed by atoms with Gasteiger partial charge in [0, 0.05) is 62.1 Å². The summed E-state index contributed by atoms with van der Waals surface area (Å²) in [5.74, 6) is 1.47. The second-order valence-corrected chi connectivity index (χ2v) is 9.51.